The summed E-state index contributed by atoms with van der Waals surface area (Å²) in [5, 5.41) is 0. The molecule has 3 saturated heterocycles. The fourth-order valence-corrected chi connectivity index (χ4v) is 14.2. The van der Waals surface area contributed by atoms with Gasteiger partial charge < -0.3 is 32.8 Å². The lowest BCUT2D eigenvalue weighted by atomic mass is 9.90. The highest BCUT2D eigenvalue weighted by molar-refractivity contribution is 6.69. The van der Waals surface area contributed by atoms with Crippen LogP contribution in [0.25, 0.3) is 0 Å². The van der Waals surface area contributed by atoms with Gasteiger partial charge in [0.25, 0.3) is 0 Å². The van der Waals surface area contributed by atoms with E-state index in [0.29, 0.717) is 33.4 Å². The molecular weight excluding hydrogens is 1260 g/mol. The number of benzene rings is 6. The molecule has 3 amide bonds. The lowest BCUT2D eigenvalue weighted by molar-refractivity contribution is -0.175. The van der Waals surface area contributed by atoms with Crippen molar-refractivity contribution in [2.45, 2.75) is 198 Å². The first kappa shape index (κ1) is 73.3. The zero-order valence-electron chi connectivity index (χ0n) is 58.4. The first-order valence-electron chi connectivity index (χ1n) is 33.8. The van der Waals surface area contributed by atoms with Gasteiger partial charge in [-0.2, -0.15) is 0 Å². The number of cyclic esters (lactones) is 3. The van der Waals surface area contributed by atoms with E-state index in [1.165, 1.54) is 14.7 Å². The summed E-state index contributed by atoms with van der Waals surface area (Å²) in [5.41, 5.74) is 1.06. The minimum atomic E-state index is -2.57. The van der Waals surface area contributed by atoms with Gasteiger partial charge in [0, 0.05) is 19.4 Å². The van der Waals surface area contributed by atoms with Gasteiger partial charge in [-0.25, -0.2) is 28.8 Å². The van der Waals surface area contributed by atoms with Crippen LogP contribution in [0, 0.1) is 0 Å². The van der Waals surface area contributed by atoms with Gasteiger partial charge in [0.1, 0.15) is 64.6 Å². The largest absolute Gasteiger partial charge is 0.453 e. The predicted molar refractivity (Wildman–Crippen MR) is 371 cm³/mol. The number of ether oxygens (including phenoxy) is 6. The molecule has 0 aliphatic carbocycles. The van der Waals surface area contributed by atoms with E-state index in [-0.39, 0.29) is 58.2 Å². The summed E-state index contributed by atoms with van der Waals surface area (Å²) in [7, 11) is -2.57. The summed E-state index contributed by atoms with van der Waals surface area (Å²) >= 11 is 0. The van der Waals surface area contributed by atoms with E-state index in [2.05, 4.69) is 0 Å². The predicted octanol–water partition coefficient (Wildman–Crippen LogP) is 14.9. The standard InChI is InChI=1S/C78H94N4O15Si/c1-76(2,3)94-73(88)80-61(70(85)91-67(55-37-25-16-26-38-55)64(80)52-31-19-13-20-32-52)46-43-58(83)49-79(50-59(84)44-47-62-71(86)92-68(56-39-27-17-28-40-56)65(53-33-21-14-22-34-53)81(62)74(89)95-77(4,5)6)51-60(97-98(10,11)12)45-48-63-72(87)93-69(57-41-29-18-30-42-57)66(54-35-23-15-24-36-54)82(63)75(90)96-78(7,8)9/h13-42,60-69H,43-51H2,1-12H3/t60-,61+,62+,63+,64+,65+,66+,67-,68-,69-/m1/s1. The molecule has 98 heavy (non-hydrogen) atoms. The molecule has 3 aliphatic heterocycles. The van der Waals surface area contributed by atoms with E-state index in [9.17, 15) is 28.8 Å². The van der Waals surface area contributed by atoms with Gasteiger partial charge in [-0.3, -0.25) is 29.2 Å². The number of ketones is 2. The summed E-state index contributed by atoms with van der Waals surface area (Å²) < 4.78 is 44.2. The molecule has 6 aromatic rings. The molecule has 3 heterocycles. The van der Waals surface area contributed by atoms with Gasteiger partial charge in [-0.15, -0.1) is 0 Å². The monoisotopic (exact) mass is 1350 g/mol. The number of carbonyl (C=O) groups is 8. The summed E-state index contributed by atoms with van der Waals surface area (Å²) in [6.07, 6.45) is -6.70. The van der Waals surface area contributed by atoms with E-state index in [1.807, 2.05) is 202 Å². The summed E-state index contributed by atoms with van der Waals surface area (Å²) in [6, 6.07) is 48.8. The fraction of sp³-hybridized carbons (Fsp3) is 0.436. The van der Waals surface area contributed by atoms with Crippen molar-refractivity contribution in [2.24, 2.45) is 0 Å². The van der Waals surface area contributed by atoms with Crippen molar-refractivity contribution < 1.29 is 71.2 Å². The number of nitrogens with zero attached hydrogens (tertiary/aromatic N) is 4. The van der Waals surface area contributed by atoms with E-state index in [1.54, 1.807) is 67.2 Å². The van der Waals surface area contributed by atoms with Crippen molar-refractivity contribution in [3.63, 3.8) is 0 Å². The van der Waals surface area contributed by atoms with Crippen molar-refractivity contribution in [1.29, 1.82) is 0 Å². The van der Waals surface area contributed by atoms with E-state index < -0.39 is 134 Å². The van der Waals surface area contributed by atoms with Crippen LogP contribution in [0.4, 0.5) is 14.4 Å². The second-order valence-corrected chi connectivity index (χ2v) is 33.8. The average molecular weight is 1360 g/mol. The van der Waals surface area contributed by atoms with E-state index in [4.69, 9.17) is 32.8 Å². The van der Waals surface area contributed by atoms with Crippen LogP contribution >= 0.6 is 0 Å². The molecule has 0 spiro atoms. The number of amides is 3. The van der Waals surface area contributed by atoms with Gasteiger partial charge in [0.15, 0.2) is 26.6 Å². The van der Waals surface area contributed by atoms with Crippen LogP contribution in [-0.4, -0.2) is 136 Å². The highest BCUT2D eigenvalue weighted by atomic mass is 28.4. The number of esters is 3. The third-order valence-corrected chi connectivity index (χ3v) is 17.9. The first-order valence-corrected chi connectivity index (χ1v) is 37.2. The third-order valence-electron chi connectivity index (χ3n) is 16.9. The Hall–Kier alpha value is -8.98. The van der Waals surface area contributed by atoms with Gasteiger partial charge in [-0.05, 0) is 141 Å². The van der Waals surface area contributed by atoms with Crippen LogP contribution in [0.2, 0.25) is 19.6 Å². The Balaban J connectivity index is 1.05. The Morgan fingerprint density at radius 2 is 0.663 bits per heavy atom. The summed E-state index contributed by atoms with van der Waals surface area (Å²) in [6.45, 7) is 20.8. The SMILES string of the molecule is CC(C)(C)OC(=O)N1[C@@H](CCC(=O)CN(CC(=O)CC[C@H]2C(=O)O[C@H](c3ccccc3)[C@H](c3ccccc3)N2C(=O)OC(C)(C)C)C[C@@H](CC[C@H]2C(=O)O[C@H](c3ccccc3)[C@H](c3ccccc3)N2C(=O)OC(C)(C)C)O[Si](C)(C)C)C(=O)O[C@H](c2ccccc2)[C@@H]1c1ccccc1. The highest BCUT2D eigenvalue weighted by Gasteiger charge is 2.53. The van der Waals surface area contributed by atoms with Crippen LogP contribution in [0.1, 0.15) is 171 Å². The van der Waals surface area contributed by atoms with Crippen molar-refractivity contribution in [2.75, 3.05) is 19.6 Å². The zero-order valence-corrected chi connectivity index (χ0v) is 59.4. The van der Waals surface area contributed by atoms with E-state index in [0.717, 1.165) is 0 Å². The molecule has 0 unspecified atom stereocenters. The Morgan fingerprint density at radius 3 is 0.918 bits per heavy atom. The van der Waals surface area contributed by atoms with Crippen LogP contribution in [-0.2, 0) is 56.8 Å². The number of carbonyl (C=O) groups excluding carboxylic acids is 8. The number of morpholine rings is 3. The average Bonchev–Trinajstić information content (AvgIpc) is 0.773. The number of Topliss-reactive ketones (excluding diaryl/α,β-unsaturated/α-hetero) is 2. The molecule has 0 N–H and O–H groups in total. The third kappa shape index (κ3) is 19.4. The second-order valence-electron chi connectivity index (χ2n) is 29.3. The quantitative estimate of drug-likeness (QED) is 0.0331. The van der Waals surface area contributed by atoms with Gasteiger partial charge >= 0.3 is 36.2 Å². The summed E-state index contributed by atoms with van der Waals surface area (Å²) in [5.74, 6) is -2.95. The van der Waals surface area contributed by atoms with E-state index >= 15 is 9.59 Å². The minimum Gasteiger partial charge on any atom is -0.453 e. The Bertz CT molecular complexity index is 3530. The molecule has 9 rings (SSSR count). The van der Waals surface area contributed by atoms with Crippen molar-refractivity contribution in [3.8, 4) is 0 Å². The maximum absolute atomic E-state index is 15.1. The molecule has 20 heteroatoms. The highest BCUT2D eigenvalue weighted by Crippen LogP contribution is 2.47. The molecule has 0 saturated carbocycles. The molecule has 0 bridgehead atoms. The van der Waals surface area contributed by atoms with Crippen molar-refractivity contribution >= 4 is 56.1 Å². The van der Waals surface area contributed by atoms with Gasteiger partial charge in [0.2, 0.25) is 0 Å². The summed E-state index contributed by atoms with van der Waals surface area (Å²) in [4.78, 5) is 124. The molecule has 10 atom stereocenters. The van der Waals surface area contributed by atoms with Gasteiger partial charge in [0.05, 0.1) is 19.2 Å². The normalized spacial score (nSPS) is 21.9. The van der Waals surface area contributed by atoms with Gasteiger partial charge in [-0.1, -0.05) is 182 Å². The lowest BCUT2D eigenvalue weighted by Gasteiger charge is -2.46. The zero-order chi connectivity index (χ0) is 70.7. The number of rotatable bonds is 23. The molecule has 0 radical (unpaired) electrons. The molecule has 3 aliphatic rings. The van der Waals surface area contributed by atoms with Crippen molar-refractivity contribution in [3.05, 3.63) is 215 Å². The molecule has 3 fully saturated rings. The van der Waals surface area contributed by atoms with Crippen LogP contribution < -0.4 is 0 Å². The minimum absolute atomic E-state index is 0.00148. The lowest BCUT2D eigenvalue weighted by Crippen LogP contribution is -2.56. The van der Waals surface area contributed by atoms with Crippen LogP contribution in [0.5, 0.6) is 0 Å². The number of hydrogen-bond acceptors (Lipinski definition) is 16. The molecule has 520 valence electrons. The number of hydrogen-bond donors (Lipinski definition) is 0. The topological polar surface area (TPSA) is 214 Å². The maximum atomic E-state index is 15.1. The fourth-order valence-electron chi connectivity index (χ4n) is 13.0. The Morgan fingerprint density at radius 1 is 0.408 bits per heavy atom. The Labute approximate surface area is 577 Å². The Kier molecular flexibility index (Phi) is 23.7. The maximum Gasteiger partial charge on any atom is 0.411 e. The molecule has 19 nitrogen and oxygen atoms in total. The molecular formula is C78H94N4O15Si. The second kappa shape index (κ2) is 31.7. The first-order chi connectivity index (χ1) is 46.4. The molecule has 6 aromatic carbocycles. The van der Waals surface area contributed by atoms with Crippen LogP contribution in [0.3, 0.4) is 0 Å². The van der Waals surface area contributed by atoms with Crippen molar-refractivity contribution in [1.82, 2.24) is 19.6 Å². The molecule has 0 aromatic heterocycles. The smallest absolute Gasteiger partial charge is 0.411 e. The van der Waals surface area contributed by atoms with Crippen LogP contribution in [0.15, 0.2) is 182 Å².